The van der Waals surface area contributed by atoms with Gasteiger partial charge in [-0.15, -0.1) is 5.10 Å². The van der Waals surface area contributed by atoms with Crippen LogP contribution in [0.1, 0.15) is 19.3 Å². The summed E-state index contributed by atoms with van der Waals surface area (Å²) in [6, 6.07) is 2.25. The number of nitrogens with one attached hydrogen (secondary N) is 1. The van der Waals surface area contributed by atoms with Crippen LogP contribution in [0.2, 0.25) is 0 Å². The van der Waals surface area contributed by atoms with Crippen LogP contribution in [0.5, 0.6) is 0 Å². The molecule has 2 heterocycles. The molecule has 1 fully saturated rings. The van der Waals surface area contributed by atoms with Crippen molar-refractivity contribution in [3.8, 4) is 0 Å². The van der Waals surface area contributed by atoms with Gasteiger partial charge in [-0.2, -0.15) is 0 Å². The van der Waals surface area contributed by atoms with E-state index in [2.05, 4.69) is 25.6 Å². The second kappa shape index (κ2) is 5.12. The molecule has 2 aromatic heterocycles. The van der Waals surface area contributed by atoms with E-state index < -0.39 is 0 Å². The molecule has 0 spiro atoms. The molecule has 2 aromatic rings. The summed E-state index contributed by atoms with van der Waals surface area (Å²) in [4.78, 5) is 8.43. The van der Waals surface area contributed by atoms with Crippen LogP contribution in [-0.4, -0.2) is 31.0 Å². The molecule has 1 aliphatic carbocycles. The second-order valence-electron chi connectivity index (χ2n) is 4.64. The molecule has 0 aliphatic heterocycles. The molecule has 0 amide bonds. The third kappa shape index (κ3) is 2.47. The number of hydrogen-bond donors (Lipinski definition) is 1. The Bertz CT molecular complexity index is 469. The number of aromatic nitrogens is 5. The van der Waals surface area contributed by atoms with Crippen molar-refractivity contribution in [2.24, 2.45) is 5.92 Å². The molecule has 6 nitrogen and oxygen atoms in total. The van der Waals surface area contributed by atoms with Crippen LogP contribution in [0, 0.1) is 5.92 Å². The SMILES string of the molecule is c1cnc(N[C@H]2CCC[C@H]2Cn2ccnn2)nc1. The van der Waals surface area contributed by atoms with E-state index in [1.54, 1.807) is 18.6 Å². The molecule has 3 rings (SSSR count). The molecule has 0 saturated heterocycles. The Hall–Kier alpha value is -1.98. The fourth-order valence-electron chi connectivity index (χ4n) is 2.56. The Balaban J connectivity index is 1.64. The van der Waals surface area contributed by atoms with Crippen molar-refractivity contribution < 1.29 is 0 Å². The summed E-state index contributed by atoms with van der Waals surface area (Å²) in [5.74, 6) is 1.28. The van der Waals surface area contributed by atoms with Gasteiger partial charge in [0.1, 0.15) is 0 Å². The average molecular weight is 244 g/mol. The van der Waals surface area contributed by atoms with Gasteiger partial charge in [-0.3, -0.25) is 4.68 Å². The molecule has 0 aromatic carbocycles. The Morgan fingerprint density at radius 2 is 2.11 bits per heavy atom. The van der Waals surface area contributed by atoms with Crippen LogP contribution in [-0.2, 0) is 6.54 Å². The first kappa shape index (κ1) is 11.1. The molecule has 18 heavy (non-hydrogen) atoms. The van der Waals surface area contributed by atoms with Gasteiger partial charge in [-0.25, -0.2) is 9.97 Å². The molecule has 0 bridgehead atoms. The molecular formula is C12H16N6. The first-order valence-electron chi connectivity index (χ1n) is 6.29. The lowest BCUT2D eigenvalue weighted by atomic mass is 10.0. The van der Waals surface area contributed by atoms with E-state index in [4.69, 9.17) is 0 Å². The Kier molecular flexibility index (Phi) is 3.16. The molecule has 0 unspecified atom stereocenters. The van der Waals surface area contributed by atoms with Crippen molar-refractivity contribution in [2.75, 3.05) is 5.32 Å². The Labute approximate surface area is 105 Å². The van der Waals surface area contributed by atoms with Crippen LogP contribution in [0.25, 0.3) is 0 Å². The summed E-state index contributed by atoms with van der Waals surface area (Å²) in [5.41, 5.74) is 0. The third-order valence-electron chi connectivity index (χ3n) is 3.43. The summed E-state index contributed by atoms with van der Waals surface area (Å²) in [7, 11) is 0. The summed E-state index contributed by atoms with van der Waals surface area (Å²) < 4.78 is 1.90. The minimum Gasteiger partial charge on any atom is -0.351 e. The largest absolute Gasteiger partial charge is 0.351 e. The molecule has 1 aliphatic rings. The van der Waals surface area contributed by atoms with Gasteiger partial charge in [0.15, 0.2) is 0 Å². The van der Waals surface area contributed by atoms with Gasteiger partial charge in [-0.05, 0) is 24.8 Å². The van der Waals surface area contributed by atoms with E-state index >= 15 is 0 Å². The smallest absolute Gasteiger partial charge is 0.222 e. The van der Waals surface area contributed by atoms with E-state index in [0.29, 0.717) is 17.9 Å². The molecule has 94 valence electrons. The minimum absolute atomic E-state index is 0.427. The van der Waals surface area contributed by atoms with Crippen LogP contribution < -0.4 is 5.32 Å². The highest BCUT2D eigenvalue weighted by Crippen LogP contribution is 2.28. The zero-order chi connectivity index (χ0) is 12.2. The summed E-state index contributed by atoms with van der Waals surface area (Å²) in [5, 5.41) is 11.3. The van der Waals surface area contributed by atoms with Crippen LogP contribution in [0.4, 0.5) is 5.95 Å². The highest BCUT2D eigenvalue weighted by Gasteiger charge is 2.28. The number of anilines is 1. The van der Waals surface area contributed by atoms with Crippen molar-refractivity contribution in [1.29, 1.82) is 0 Å². The zero-order valence-electron chi connectivity index (χ0n) is 10.1. The van der Waals surface area contributed by atoms with Crippen LogP contribution >= 0.6 is 0 Å². The lowest BCUT2D eigenvalue weighted by Gasteiger charge is -2.20. The predicted molar refractivity (Wildman–Crippen MR) is 66.8 cm³/mol. The van der Waals surface area contributed by atoms with Crippen molar-refractivity contribution in [3.63, 3.8) is 0 Å². The van der Waals surface area contributed by atoms with E-state index in [1.165, 1.54) is 12.8 Å². The molecule has 1 saturated carbocycles. The van der Waals surface area contributed by atoms with E-state index in [-0.39, 0.29) is 0 Å². The lowest BCUT2D eigenvalue weighted by Crippen LogP contribution is -2.28. The van der Waals surface area contributed by atoms with E-state index in [9.17, 15) is 0 Å². The van der Waals surface area contributed by atoms with Gasteiger partial charge in [0, 0.05) is 31.2 Å². The lowest BCUT2D eigenvalue weighted by molar-refractivity contribution is 0.397. The van der Waals surface area contributed by atoms with Gasteiger partial charge in [0.25, 0.3) is 0 Å². The fraction of sp³-hybridized carbons (Fsp3) is 0.500. The Morgan fingerprint density at radius 3 is 2.89 bits per heavy atom. The minimum atomic E-state index is 0.427. The molecule has 6 heteroatoms. The Morgan fingerprint density at radius 1 is 1.22 bits per heavy atom. The first-order chi connectivity index (χ1) is 8.92. The number of rotatable bonds is 4. The van der Waals surface area contributed by atoms with Crippen molar-refractivity contribution in [1.82, 2.24) is 25.0 Å². The van der Waals surface area contributed by atoms with Gasteiger partial charge in [0.2, 0.25) is 5.95 Å². The van der Waals surface area contributed by atoms with Crippen molar-refractivity contribution in [2.45, 2.75) is 31.8 Å². The summed E-state index contributed by atoms with van der Waals surface area (Å²) in [6.07, 6.45) is 10.8. The normalized spacial score (nSPS) is 23.1. The number of hydrogen-bond acceptors (Lipinski definition) is 5. The first-order valence-corrected chi connectivity index (χ1v) is 6.29. The number of nitrogens with zero attached hydrogens (tertiary/aromatic N) is 5. The van der Waals surface area contributed by atoms with Gasteiger partial charge in [0.05, 0.1) is 6.20 Å². The van der Waals surface area contributed by atoms with Gasteiger partial charge < -0.3 is 5.32 Å². The predicted octanol–water partition coefficient (Wildman–Crippen LogP) is 1.35. The van der Waals surface area contributed by atoms with Crippen LogP contribution in [0.3, 0.4) is 0 Å². The monoisotopic (exact) mass is 244 g/mol. The summed E-state index contributed by atoms with van der Waals surface area (Å²) in [6.45, 7) is 0.907. The maximum Gasteiger partial charge on any atom is 0.222 e. The average Bonchev–Trinajstić information content (AvgIpc) is 3.04. The maximum atomic E-state index is 4.22. The highest BCUT2D eigenvalue weighted by molar-refractivity contribution is 5.25. The topological polar surface area (TPSA) is 68.5 Å². The molecule has 2 atom stereocenters. The molecular weight excluding hydrogens is 228 g/mol. The van der Waals surface area contributed by atoms with E-state index in [1.807, 2.05) is 16.9 Å². The standard InChI is InChI=1S/C12H16N6/c1-3-10(9-18-8-7-15-17-18)11(4-1)16-12-13-5-2-6-14-12/h2,5-8,10-11H,1,3-4,9H2,(H,13,14,16)/t10-,11-/m0/s1. The molecule has 0 radical (unpaired) electrons. The highest BCUT2D eigenvalue weighted by atomic mass is 15.4. The zero-order valence-corrected chi connectivity index (χ0v) is 10.1. The second-order valence-corrected chi connectivity index (χ2v) is 4.64. The van der Waals surface area contributed by atoms with Crippen molar-refractivity contribution in [3.05, 3.63) is 30.9 Å². The van der Waals surface area contributed by atoms with Crippen molar-refractivity contribution >= 4 is 5.95 Å². The van der Waals surface area contributed by atoms with Crippen LogP contribution in [0.15, 0.2) is 30.9 Å². The summed E-state index contributed by atoms with van der Waals surface area (Å²) >= 11 is 0. The van der Waals surface area contributed by atoms with Gasteiger partial charge in [-0.1, -0.05) is 11.6 Å². The molecule has 1 N–H and O–H groups in total. The van der Waals surface area contributed by atoms with E-state index in [0.717, 1.165) is 13.0 Å². The van der Waals surface area contributed by atoms with Gasteiger partial charge >= 0.3 is 0 Å². The quantitative estimate of drug-likeness (QED) is 0.879. The fourth-order valence-corrected chi connectivity index (χ4v) is 2.56. The maximum absolute atomic E-state index is 4.22. The third-order valence-corrected chi connectivity index (χ3v) is 3.43.